The zero-order chi connectivity index (χ0) is 25.9. The first-order chi connectivity index (χ1) is 16.5. The summed E-state index contributed by atoms with van der Waals surface area (Å²) in [4.78, 5) is 17.6. The van der Waals surface area contributed by atoms with Gasteiger partial charge in [-0.15, -0.1) is 0 Å². The van der Waals surface area contributed by atoms with Crippen molar-refractivity contribution in [1.82, 2.24) is 9.88 Å². The van der Waals surface area contributed by atoms with E-state index in [1.165, 1.54) is 38.2 Å². The highest BCUT2D eigenvalue weighted by atomic mass is 35.5. The molecule has 0 saturated heterocycles. The molecule has 10 heteroatoms. The molecule has 1 N–H and O–H groups in total. The summed E-state index contributed by atoms with van der Waals surface area (Å²) in [5.41, 5.74) is 1.59. The lowest BCUT2D eigenvalue weighted by molar-refractivity contribution is -0.113. The molecule has 2 heterocycles. The minimum atomic E-state index is -4.18. The molecular formula is C25H24Cl2FN3O3S. The molecule has 0 atom stereocenters. The average Bonchev–Trinajstić information content (AvgIpc) is 2.78. The third kappa shape index (κ3) is 5.83. The van der Waals surface area contributed by atoms with E-state index in [0.717, 1.165) is 0 Å². The van der Waals surface area contributed by atoms with Crippen LogP contribution in [0.5, 0.6) is 0 Å². The van der Waals surface area contributed by atoms with Crippen molar-refractivity contribution in [3.05, 3.63) is 93.8 Å². The molecular weight excluding hydrogens is 512 g/mol. The van der Waals surface area contributed by atoms with Crippen molar-refractivity contribution in [3.8, 4) is 0 Å². The molecule has 1 aliphatic heterocycles. The first-order valence-corrected chi connectivity index (χ1v) is 12.8. The van der Waals surface area contributed by atoms with Crippen LogP contribution < -0.4 is 4.72 Å². The number of hydrogen-bond donors (Lipinski definition) is 1. The summed E-state index contributed by atoms with van der Waals surface area (Å²) < 4.78 is 43.9. The van der Waals surface area contributed by atoms with Gasteiger partial charge in [0.15, 0.2) is 11.6 Å². The second-order valence-corrected chi connectivity index (χ2v) is 10.3. The van der Waals surface area contributed by atoms with Gasteiger partial charge in [-0.3, -0.25) is 14.5 Å². The number of aryl methyl sites for hydroxylation is 1. The summed E-state index contributed by atoms with van der Waals surface area (Å²) in [6.07, 6.45) is 8.58. The highest BCUT2D eigenvalue weighted by molar-refractivity contribution is 7.92. The lowest BCUT2D eigenvalue weighted by Crippen LogP contribution is -2.20. The number of carbonyl (C=O) groups is 1. The van der Waals surface area contributed by atoms with Crippen molar-refractivity contribution in [1.29, 1.82) is 0 Å². The van der Waals surface area contributed by atoms with Crippen LogP contribution in [0.15, 0.2) is 71.6 Å². The van der Waals surface area contributed by atoms with Crippen molar-refractivity contribution >= 4 is 50.3 Å². The molecule has 0 unspecified atom stereocenters. The summed E-state index contributed by atoms with van der Waals surface area (Å²) >= 11 is 12.3. The van der Waals surface area contributed by atoms with E-state index in [2.05, 4.69) is 16.3 Å². The first kappa shape index (κ1) is 26.7. The normalized spacial score (nSPS) is 16.6. The molecule has 3 rings (SSSR count). The third-order valence-corrected chi connectivity index (χ3v) is 7.52. The summed E-state index contributed by atoms with van der Waals surface area (Å²) in [5, 5.41) is 0.244. The molecule has 6 nitrogen and oxygen atoms in total. The van der Waals surface area contributed by atoms with Crippen LogP contribution in [0.25, 0.3) is 5.57 Å². The second-order valence-electron chi connectivity index (χ2n) is 7.85. The Morgan fingerprint density at radius 3 is 2.63 bits per heavy atom. The Balaban J connectivity index is 2.07. The quantitative estimate of drug-likeness (QED) is 0.439. The lowest BCUT2D eigenvalue weighted by Gasteiger charge is -2.24. The molecule has 2 aromatic rings. The zero-order valence-corrected chi connectivity index (χ0v) is 21.7. The van der Waals surface area contributed by atoms with Gasteiger partial charge < -0.3 is 4.90 Å². The molecule has 0 radical (unpaired) electrons. The number of Topliss-reactive ketones (excluding diaryl/α,β-unsaturated/α-hetero) is 1. The summed E-state index contributed by atoms with van der Waals surface area (Å²) in [7, 11) is -4.18. The number of nitrogens with zero attached hydrogens (tertiary/aromatic N) is 2. The van der Waals surface area contributed by atoms with Crippen LogP contribution in [0.1, 0.15) is 31.5 Å². The summed E-state index contributed by atoms with van der Waals surface area (Å²) in [6, 6.07) is 3.92. The number of aromatic nitrogens is 1. The number of anilines is 1. The van der Waals surface area contributed by atoms with E-state index in [1.807, 2.05) is 4.90 Å². The molecule has 0 spiro atoms. The molecule has 0 aliphatic carbocycles. The minimum absolute atomic E-state index is 0.0379. The van der Waals surface area contributed by atoms with Crippen molar-refractivity contribution < 1.29 is 17.6 Å². The smallest absolute Gasteiger partial charge is 0.263 e. The number of rotatable bonds is 6. The maximum absolute atomic E-state index is 15.7. The molecule has 184 valence electrons. The first-order valence-electron chi connectivity index (χ1n) is 10.6. The van der Waals surface area contributed by atoms with E-state index in [-0.39, 0.29) is 37.7 Å². The number of ketones is 1. The van der Waals surface area contributed by atoms with Gasteiger partial charge >= 0.3 is 0 Å². The lowest BCUT2D eigenvalue weighted by atomic mass is 9.99. The van der Waals surface area contributed by atoms with Crippen LogP contribution in [0.4, 0.5) is 10.1 Å². The van der Waals surface area contributed by atoms with Crippen LogP contribution >= 0.6 is 23.2 Å². The van der Waals surface area contributed by atoms with E-state index < -0.39 is 15.8 Å². The predicted octanol–water partition coefficient (Wildman–Crippen LogP) is 6.29. The maximum Gasteiger partial charge on any atom is 0.263 e. The number of allylic oxidation sites excluding steroid dienone is 4. The van der Waals surface area contributed by atoms with E-state index in [4.69, 9.17) is 23.2 Å². The standard InChI is InChI=1S/C25H24Cl2FN3O3S/c1-5-31-12-6-7-18(8-11-22(31)15(2)17(4)32)24-20(27)9-10-21(25(24)28)30-35(33,34)23-13-19(26)14-29-16(23)3/h5,7-11,13-14,30H,1,6,12H2,2-4H3/b11-8-,18-7?,22-15+. The number of halogens is 3. The SMILES string of the molecule is C=CN1CCC=C(c2c(Cl)ccc(NS(=O)(=O)c3cc(Cl)cnc3C)c2F)/C=C\C1=C(\C)C(C)=O. The Hall–Kier alpha value is -2.94. The van der Waals surface area contributed by atoms with Gasteiger partial charge in [0.2, 0.25) is 0 Å². The molecule has 1 aromatic carbocycles. The van der Waals surface area contributed by atoms with Gasteiger partial charge in [-0.2, -0.15) is 0 Å². The van der Waals surface area contributed by atoms with E-state index in [9.17, 15) is 13.2 Å². The highest BCUT2D eigenvalue weighted by Gasteiger charge is 2.23. The van der Waals surface area contributed by atoms with Gasteiger partial charge in [0, 0.05) is 29.6 Å². The molecule has 1 aromatic heterocycles. The molecule has 0 amide bonds. The van der Waals surface area contributed by atoms with Gasteiger partial charge in [-0.1, -0.05) is 41.9 Å². The number of benzene rings is 1. The Bertz CT molecular complexity index is 1400. The predicted molar refractivity (Wildman–Crippen MR) is 138 cm³/mol. The second kappa shape index (κ2) is 10.8. The van der Waals surface area contributed by atoms with Crippen molar-refractivity contribution in [3.63, 3.8) is 0 Å². The van der Waals surface area contributed by atoms with E-state index >= 15 is 4.39 Å². The third-order valence-electron chi connectivity index (χ3n) is 5.52. The fourth-order valence-corrected chi connectivity index (χ4v) is 5.32. The van der Waals surface area contributed by atoms with Gasteiger partial charge in [0.05, 0.1) is 21.4 Å². The van der Waals surface area contributed by atoms with E-state index in [1.54, 1.807) is 31.4 Å². The minimum Gasteiger partial charge on any atom is -0.348 e. The number of nitrogens with one attached hydrogen (secondary N) is 1. The molecule has 0 bridgehead atoms. The number of carbonyl (C=O) groups excluding carboxylic acids is 1. The van der Waals surface area contributed by atoms with Crippen molar-refractivity contribution in [2.45, 2.75) is 32.1 Å². The van der Waals surface area contributed by atoms with Crippen LogP contribution in [0, 0.1) is 12.7 Å². The Morgan fingerprint density at radius 1 is 1.26 bits per heavy atom. The zero-order valence-electron chi connectivity index (χ0n) is 19.4. The van der Waals surface area contributed by atoms with Crippen LogP contribution in [0.3, 0.4) is 0 Å². The summed E-state index contributed by atoms with van der Waals surface area (Å²) in [6.45, 7) is 9.00. The van der Waals surface area contributed by atoms with Crippen molar-refractivity contribution in [2.75, 3.05) is 11.3 Å². The Morgan fingerprint density at radius 2 is 1.97 bits per heavy atom. The average molecular weight is 536 g/mol. The van der Waals surface area contributed by atoms with Gasteiger partial charge in [-0.05, 0) is 63.2 Å². The molecule has 35 heavy (non-hydrogen) atoms. The maximum atomic E-state index is 15.7. The van der Waals surface area contributed by atoms with E-state index in [0.29, 0.717) is 29.8 Å². The fourth-order valence-electron chi connectivity index (χ4n) is 3.56. The fraction of sp³-hybridized carbons (Fsp3) is 0.200. The van der Waals surface area contributed by atoms with Gasteiger partial charge in [0.1, 0.15) is 4.90 Å². The van der Waals surface area contributed by atoms with Crippen LogP contribution in [0.2, 0.25) is 10.0 Å². The largest absolute Gasteiger partial charge is 0.348 e. The monoisotopic (exact) mass is 535 g/mol. The number of pyridine rings is 1. The van der Waals surface area contributed by atoms with Gasteiger partial charge in [-0.25, -0.2) is 12.8 Å². The van der Waals surface area contributed by atoms with Crippen molar-refractivity contribution in [2.24, 2.45) is 0 Å². The van der Waals surface area contributed by atoms with Gasteiger partial charge in [0.25, 0.3) is 10.0 Å². The van der Waals surface area contributed by atoms with Crippen LogP contribution in [-0.2, 0) is 14.8 Å². The summed E-state index contributed by atoms with van der Waals surface area (Å²) in [5.74, 6) is -0.936. The molecule has 0 fully saturated rings. The Kier molecular flexibility index (Phi) is 8.20. The highest BCUT2D eigenvalue weighted by Crippen LogP contribution is 2.35. The van der Waals surface area contributed by atoms with Crippen LogP contribution in [-0.4, -0.2) is 30.6 Å². The topological polar surface area (TPSA) is 79.4 Å². The Labute approximate surface area is 214 Å². The molecule has 0 saturated carbocycles. The molecule has 1 aliphatic rings. The number of sulfonamides is 1. The number of hydrogen-bond acceptors (Lipinski definition) is 5.